The summed E-state index contributed by atoms with van der Waals surface area (Å²) >= 11 is 0. The molecule has 2 aromatic carbocycles. The predicted molar refractivity (Wildman–Crippen MR) is 113 cm³/mol. The van der Waals surface area contributed by atoms with Crippen LogP contribution < -0.4 is 4.90 Å². The number of nitrogens with zero attached hydrogens (tertiary/aromatic N) is 5. The number of fused-ring (bicyclic) bond motifs is 1. The van der Waals surface area contributed by atoms with Gasteiger partial charge in [0.05, 0.1) is 6.33 Å². The third-order valence-corrected chi connectivity index (χ3v) is 4.65. The fourth-order valence-electron chi connectivity index (χ4n) is 3.29. The van der Waals surface area contributed by atoms with Crippen LogP contribution >= 0.6 is 0 Å². The number of aryl methyl sites for hydroxylation is 1. The zero-order valence-electron chi connectivity index (χ0n) is 16.0. The van der Waals surface area contributed by atoms with Gasteiger partial charge in [-0.1, -0.05) is 66.7 Å². The molecule has 0 aliphatic carbocycles. The van der Waals surface area contributed by atoms with E-state index in [1.807, 2.05) is 29.8 Å². The normalized spacial score (nSPS) is 10.9. The highest BCUT2D eigenvalue weighted by molar-refractivity contribution is 5.83. The molecule has 0 N–H and O–H groups in total. The molecule has 0 radical (unpaired) electrons. The number of aromatic nitrogens is 4. The van der Waals surface area contributed by atoms with Gasteiger partial charge in [0.25, 0.3) is 0 Å². The monoisotopic (exact) mass is 369 g/mol. The average molecular weight is 369 g/mol. The minimum Gasteiger partial charge on any atom is -0.346 e. The molecule has 5 heteroatoms. The molecule has 0 atom stereocenters. The average Bonchev–Trinajstić information content (AvgIpc) is 3.10. The second-order valence-corrected chi connectivity index (χ2v) is 6.81. The summed E-state index contributed by atoms with van der Waals surface area (Å²) in [4.78, 5) is 16.4. The van der Waals surface area contributed by atoms with Crippen LogP contribution in [-0.2, 0) is 26.6 Å². The molecule has 0 amide bonds. The molecule has 140 valence electrons. The van der Waals surface area contributed by atoms with E-state index in [9.17, 15) is 0 Å². The van der Waals surface area contributed by atoms with Crippen LogP contribution in [0, 0.1) is 0 Å². The summed E-state index contributed by atoms with van der Waals surface area (Å²) < 4.78 is 1.94. The lowest BCUT2D eigenvalue weighted by atomic mass is 10.1. The van der Waals surface area contributed by atoms with Gasteiger partial charge in [0.1, 0.15) is 5.82 Å². The van der Waals surface area contributed by atoms with Crippen LogP contribution in [0.1, 0.15) is 17.0 Å². The zero-order chi connectivity index (χ0) is 19.3. The fraction of sp³-hybridized carbons (Fsp3) is 0.174. The van der Waals surface area contributed by atoms with Crippen molar-refractivity contribution in [3.63, 3.8) is 0 Å². The summed E-state index contributed by atoms with van der Waals surface area (Å²) in [7, 11) is 1.96. The van der Waals surface area contributed by atoms with E-state index in [4.69, 9.17) is 4.98 Å². The van der Waals surface area contributed by atoms with Crippen LogP contribution in [0.3, 0.4) is 0 Å². The van der Waals surface area contributed by atoms with Crippen LogP contribution in [-0.4, -0.2) is 19.5 Å². The number of allylic oxidation sites excluding steroid dienone is 1. The van der Waals surface area contributed by atoms with E-state index in [-0.39, 0.29) is 0 Å². The minimum absolute atomic E-state index is 0.624. The van der Waals surface area contributed by atoms with E-state index in [0.717, 1.165) is 35.9 Å². The van der Waals surface area contributed by atoms with E-state index < -0.39 is 0 Å². The van der Waals surface area contributed by atoms with Crippen molar-refractivity contribution >= 4 is 17.0 Å². The molecule has 0 unspecified atom stereocenters. The van der Waals surface area contributed by atoms with Gasteiger partial charge in [-0.3, -0.25) is 0 Å². The highest BCUT2D eigenvalue weighted by Gasteiger charge is 2.18. The summed E-state index contributed by atoms with van der Waals surface area (Å²) in [6.45, 7) is 5.32. The first kappa shape index (κ1) is 17.9. The molecule has 0 aliphatic heterocycles. The number of rotatable bonds is 7. The van der Waals surface area contributed by atoms with Gasteiger partial charge in [0.2, 0.25) is 0 Å². The van der Waals surface area contributed by atoms with Crippen LogP contribution in [0.5, 0.6) is 0 Å². The third kappa shape index (κ3) is 3.78. The van der Waals surface area contributed by atoms with Crippen molar-refractivity contribution in [2.24, 2.45) is 7.05 Å². The van der Waals surface area contributed by atoms with Gasteiger partial charge in [-0.25, -0.2) is 15.0 Å². The van der Waals surface area contributed by atoms with Gasteiger partial charge in [-0.2, -0.15) is 0 Å². The van der Waals surface area contributed by atoms with Crippen molar-refractivity contribution in [3.8, 4) is 0 Å². The van der Waals surface area contributed by atoms with Crippen molar-refractivity contribution in [1.82, 2.24) is 19.5 Å². The summed E-state index contributed by atoms with van der Waals surface area (Å²) in [5.41, 5.74) is 4.12. The van der Waals surface area contributed by atoms with Gasteiger partial charge in [-0.15, -0.1) is 6.58 Å². The largest absolute Gasteiger partial charge is 0.346 e. The van der Waals surface area contributed by atoms with Crippen molar-refractivity contribution in [2.75, 3.05) is 4.90 Å². The Bertz CT molecular complexity index is 1030. The summed E-state index contributed by atoms with van der Waals surface area (Å²) in [6, 6.07) is 20.9. The quantitative estimate of drug-likeness (QED) is 0.456. The molecule has 0 spiro atoms. The fourth-order valence-corrected chi connectivity index (χ4v) is 3.29. The van der Waals surface area contributed by atoms with Gasteiger partial charge in [-0.05, 0) is 11.1 Å². The van der Waals surface area contributed by atoms with E-state index in [1.165, 1.54) is 11.1 Å². The SMILES string of the molecule is C=CCc1nc(N(Cc2ccccc2)Cc2ccccc2)c2ncn(C)c2n1. The van der Waals surface area contributed by atoms with E-state index in [1.54, 1.807) is 6.33 Å². The maximum atomic E-state index is 4.86. The molecule has 4 rings (SSSR count). The van der Waals surface area contributed by atoms with Crippen LogP contribution in [0.2, 0.25) is 0 Å². The first-order valence-corrected chi connectivity index (χ1v) is 9.36. The molecule has 0 saturated carbocycles. The molecule has 28 heavy (non-hydrogen) atoms. The number of anilines is 1. The van der Waals surface area contributed by atoms with E-state index >= 15 is 0 Å². The lowest BCUT2D eigenvalue weighted by Crippen LogP contribution is -2.24. The van der Waals surface area contributed by atoms with Gasteiger partial charge < -0.3 is 9.47 Å². The lowest BCUT2D eigenvalue weighted by molar-refractivity contribution is 0.778. The maximum Gasteiger partial charge on any atom is 0.165 e. The molecule has 0 bridgehead atoms. The van der Waals surface area contributed by atoms with Crippen molar-refractivity contribution < 1.29 is 0 Å². The Labute approximate surface area is 165 Å². The van der Waals surface area contributed by atoms with Gasteiger partial charge in [0.15, 0.2) is 17.0 Å². The molecule has 2 heterocycles. The molecule has 0 fully saturated rings. The summed E-state index contributed by atoms with van der Waals surface area (Å²) in [5, 5.41) is 0. The Kier molecular flexibility index (Phi) is 5.15. The Hall–Kier alpha value is -3.47. The van der Waals surface area contributed by atoms with E-state index in [2.05, 4.69) is 70.0 Å². The number of imidazole rings is 1. The second kappa shape index (κ2) is 8.05. The smallest absolute Gasteiger partial charge is 0.165 e. The first-order chi connectivity index (χ1) is 13.7. The summed E-state index contributed by atoms with van der Waals surface area (Å²) in [6.07, 6.45) is 4.25. The molecular weight excluding hydrogens is 346 g/mol. The number of benzene rings is 2. The van der Waals surface area contributed by atoms with Crippen molar-refractivity contribution in [2.45, 2.75) is 19.5 Å². The first-order valence-electron chi connectivity index (χ1n) is 9.36. The highest BCUT2D eigenvalue weighted by Crippen LogP contribution is 2.26. The number of hydrogen-bond donors (Lipinski definition) is 0. The zero-order valence-corrected chi connectivity index (χ0v) is 16.0. The van der Waals surface area contributed by atoms with Crippen molar-refractivity contribution in [3.05, 3.63) is 96.6 Å². The Morgan fingerprint density at radius 2 is 1.54 bits per heavy atom. The minimum atomic E-state index is 0.624. The van der Waals surface area contributed by atoms with Crippen LogP contribution in [0.4, 0.5) is 5.82 Å². The second-order valence-electron chi connectivity index (χ2n) is 6.81. The Balaban J connectivity index is 1.81. The molecule has 2 aromatic heterocycles. The Morgan fingerprint density at radius 3 is 2.11 bits per heavy atom. The molecule has 4 aromatic rings. The molecule has 0 aliphatic rings. The van der Waals surface area contributed by atoms with Gasteiger partial charge >= 0.3 is 0 Å². The predicted octanol–water partition coefficient (Wildman–Crippen LogP) is 4.30. The highest BCUT2D eigenvalue weighted by atomic mass is 15.2. The molecule has 0 saturated heterocycles. The topological polar surface area (TPSA) is 46.8 Å². The lowest BCUT2D eigenvalue weighted by Gasteiger charge is -2.25. The maximum absolute atomic E-state index is 4.86. The molecular formula is C23H23N5. The molecule has 5 nitrogen and oxygen atoms in total. The third-order valence-electron chi connectivity index (χ3n) is 4.65. The van der Waals surface area contributed by atoms with E-state index in [0.29, 0.717) is 6.42 Å². The van der Waals surface area contributed by atoms with Gasteiger partial charge in [0, 0.05) is 26.6 Å². The standard InChI is InChI=1S/C23H23N5/c1-3-10-20-25-22-21(24-17-27(22)2)23(26-20)28(15-18-11-6-4-7-12-18)16-19-13-8-5-9-14-19/h3-9,11-14,17H,1,10,15-16H2,2H3. The summed E-state index contributed by atoms with van der Waals surface area (Å²) in [5.74, 6) is 1.61. The van der Waals surface area contributed by atoms with Crippen molar-refractivity contribution in [1.29, 1.82) is 0 Å². The Morgan fingerprint density at radius 1 is 0.929 bits per heavy atom. The number of hydrogen-bond acceptors (Lipinski definition) is 4. The van der Waals surface area contributed by atoms with Crippen LogP contribution in [0.15, 0.2) is 79.6 Å². The van der Waals surface area contributed by atoms with Crippen LogP contribution in [0.25, 0.3) is 11.2 Å².